The lowest BCUT2D eigenvalue weighted by Crippen LogP contribution is -2.24. The van der Waals surface area contributed by atoms with Crippen molar-refractivity contribution >= 4 is 17.7 Å². The van der Waals surface area contributed by atoms with E-state index in [0.717, 1.165) is 4.57 Å². The van der Waals surface area contributed by atoms with Crippen LogP contribution < -0.4 is 5.56 Å². The van der Waals surface area contributed by atoms with Crippen molar-refractivity contribution in [1.82, 2.24) is 9.55 Å². The van der Waals surface area contributed by atoms with Crippen LogP contribution in [0.1, 0.15) is 4.79 Å². The lowest BCUT2D eigenvalue weighted by Gasteiger charge is -1.94. The Labute approximate surface area is 66.3 Å². The van der Waals surface area contributed by atoms with E-state index < -0.39 is 0 Å². The lowest BCUT2D eigenvalue weighted by molar-refractivity contribution is 0.0933. The minimum Gasteiger partial charge on any atom is -0.273 e. The Morgan fingerprint density at radius 2 is 2.36 bits per heavy atom. The summed E-state index contributed by atoms with van der Waals surface area (Å²) >= 11 is 1.29. The normalized spacial score (nSPS) is 15.1. The van der Waals surface area contributed by atoms with E-state index in [1.54, 1.807) is 0 Å². The molecule has 56 valence electrons. The zero-order chi connectivity index (χ0) is 7.84. The molecule has 0 bridgehead atoms. The minimum absolute atomic E-state index is 0.178. The van der Waals surface area contributed by atoms with Crippen LogP contribution in [0.5, 0.6) is 0 Å². The molecule has 0 aliphatic carbocycles. The molecule has 11 heavy (non-hydrogen) atoms. The van der Waals surface area contributed by atoms with Gasteiger partial charge in [-0.05, 0) is 0 Å². The zero-order valence-corrected chi connectivity index (χ0v) is 6.30. The molecule has 0 unspecified atom stereocenters. The summed E-state index contributed by atoms with van der Waals surface area (Å²) < 4.78 is 1.10. The smallest absolute Gasteiger partial charge is 0.260 e. The molecule has 0 fully saturated rings. The fraction of sp³-hybridized carbons (Fsp3) is 0.167. The van der Waals surface area contributed by atoms with Gasteiger partial charge in [-0.1, -0.05) is 11.8 Å². The maximum absolute atomic E-state index is 11.0. The number of rotatable bonds is 0. The van der Waals surface area contributed by atoms with Crippen molar-refractivity contribution in [1.29, 1.82) is 0 Å². The van der Waals surface area contributed by atoms with Crippen molar-refractivity contribution in [3.63, 3.8) is 0 Å². The van der Waals surface area contributed by atoms with Gasteiger partial charge >= 0.3 is 0 Å². The van der Waals surface area contributed by atoms with Crippen LogP contribution in [-0.2, 0) is 0 Å². The summed E-state index contributed by atoms with van der Waals surface area (Å²) in [5.74, 6) is 0.148. The van der Waals surface area contributed by atoms with E-state index >= 15 is 0 Å². The molecule has 0 atom stereocenters. The maximum Gasteiger partial charge on any atom is 0.260 e. The predicted octanol–water partition coefficient (Wildman–Crippen LogP) is -0.0108. The average molecular weight is 168 g/mol. The highest BCUT2D eigenvalue weighted by atomic mass is 32.2. The molecule has 0 aromatic carbocycles. The third kappa shape index (κ3) is 0.883. The molecule has 0 saturated carbocycles. The first-order valence-electron chi connectivity index (χ1n) is 3.03. The number of carbonyl (C=O) groups is 1. The van der Waals surface area contributed by atoms with Crippen molar-refractivity contribution in [2.75, 3.05) is 5.75 Å². The number of carbonyl (C=O) groups excluding carboxylic acids is 1. The number of fused-ring (bicyclic) bond motifs is 1. The first-order valence-corrected chi connectivity index (χ1v) is 4.01. The summed E-state index contributed by atoms with van der Waals surface area (Å²) in [4.78, 5) is 25.9. The molecular weight excluding hydrogens is 164 g/mol. The molecule has 5 heteroatoms. The van der Waals surface area contributed by atoms with Gasteiger partial charge in [-0.2, -0.15) is 0 Å². The minimum atomic E-state index is -0.287. The Hall–Kier alpha value is -1.10. The van der Waals surface area contributed by atoms with E-state index in [1.165, 1.54) is 24.0 Å². The molecule has 2 heterocycles. The van der Waals surface area contributed by atoms with Gasteiger partial charge in [0.2, 0.25) is 5.91 Å². The van der Waals surface area contributed by atoms with Crippen LogP contribution in [-0.4, -0.2) is 21.2 Å². The van der Waals surface area contributed by atoms with E-state index in [0.29, 0.717) is 10.9 Å². The standard InChI is InChI=1S/C6H4N2O2S/c9-4-1-2-7-6-8(4)5(10)3-11-6/h1-2H,3H2. The molecular formula is C6H4N2O2S. The summed E-state index contributed by atoms with van der Waals surface area (Å²) in [5.41, 5.74) is -0.287. The van der Waals surface area contributed by atoms with Crippen molar-refractivity contribution < 1.29 is 4.79 Å². The topological polar surface area (TPSA) is 52.0 Å². The van der Waals surface area contributed by atoms with E-state index in [1.807, 2.05) is 0 Å². The predicted molar refractivity (Wildman–Crippen MR) is 39.8 cm³/mol. The van der Waals surface area contributed by atoms with Crippen LogP contribution in [0.2, 0.25) is 0 Å². The third-order valence-corrected chi connectivity index (χ3v) is 2.33. The van der Waals surface area contributed by atoms with Gasteiger partial charge in [0.1, 0.15) is 0 Å². The van der Waals surface area contributed by atoms with Crippen molar-refractivity contribution in [3.8, 4) is 0 Å². The first-order chi connectivity index (χ1) is 5.29. The average Bonchev–Trinajstić information content (AvgIpc) is 2.34. The second kappa shape index (κ2) is 2.20. The second-order valence-corrected chi connectivity index (χ2v) is 3.03. The summed E-state index contributed by atoms with van der Waals surface area (Å²) in [5, 5.41) is 0.502. The molecule has 1 aliphatic heterocycles. The summed E-state index contributed by atoms with van der Waals surface area (Å²) in [6, 6.07) is 1.28. The van der Waals surface area contributed by atoms with Crippen LogP contribution in [0.25, 0.3) is 0 Å². The van der Waals surface area contributed by atoms with E-state index in [-0.39, 0.29) is 11.5 Å². The van der Waals surface area contributed by atoms with Crippen molar-refractivity contribution in [3.05, 3.63) is 22.6 Å². The number of aromatic nitrogens is 2. The van der Waals surface area contributed by atoms with E-state index in [2.05, 4.69) is 4.98 Å². The largest absolute Gasteiger partial charge is 0.273 e. The molecule has 0 radical (unpaired) electrons. The molecule has 1 aromatic rings. The monoisotopic (exact) mass is 168 g/mol. The van der Waals surface area contributed by atoms with Gasteiger partial charge in [-0.15, -0.1) is 0 Å². The fourth-order valence-corrected chi connectivity index (χ4v) is 1.75. The van der Waals surface area contributed by atoms with Crippen molar-refractivity contribution in [2.24, 2.45) is 0 Å². The van der Waals surface area contributed by atoms with Crippen LogP contribution in [0, 0.1) is 0 Å². The summed E-state index contributed by atoms with van der Waals surface area (Å²) in [7, 11) is 0. The summed E-state index contributed by atoms with van der Waals surface area (Å²) in [6.45, 7) is 0. The highest BCUT2D eigenvalue weighted by Gasteiger charge is 2.20. The Morgan fingerprint density at radius 1 is 1.55 bits per heavy atom. The SMILES string of the molecule is O=C1CSc2nccc(=O)n21. The molecule has 0 amide bonds. The molecule has 4 nitrogen and oxygen atoms in total. The highest BCUT2D eigenvalue weighted by Crippen LogP contribution is 2.19. The lowest BCUT2D eigenvalue weighted by atomic mass is 10.6. The van der Waals surface area contributed by atoms with E-state index in [9.17, 15) is 9.59 Å². The Kier molecular flexibility index (Phi) is 1.32. The van der Waals surface area contributed by atoms with Crippen molar-refractivity contribution in [2.45, 2.75) is 5.16 Å². The Bertz CT molecular complexity index is 371. The van der Waals surface area contributed by atoms with Crippen LogP contribution in [0.3, 0.4) is 0 Å². The van der Waals surface area contributed by atoms with Gasteiger partial charge in [0, 0.05) is 12.3 Å². The molecule has 0 N–H and O–H groups in total. The second-order valence-electron chi connectivity index (χ2n) is 2.08. The van der Waals surface area contributed by atoms with Gasteiger partial charge < -0.3 is 0 Å². The molecule has 1 aromatic heterocycles. The Morgan fingerprint density at radius 3 is 3.09 bits per heavy atom. The molecule has 0 spiro atoms. The van der Waals surface area contributed by atoms with Gasteiger partial charge in [0.15, 0.2) is 5.16 Å². The number of hydrogen-bond acceptors (Lipinski definition) is 4. The number of nitrogens with zero attached hydrogens (tertiary/aromatic N) is 2. The third-order valence-electron chi connectivity index (χ3n) is 1.39. The molecule has 1 aliphatic rings. The maximum atomic E-state index is 11.0. The van der Waals surface area contributed by atoms with Crippen LogP contribution >= 0.6 is 11.8 Å². The quantitative estimate of drug-likeness (QED) is 0.511. The summed E-state index contributed by atoms with van der Waals surface area (Å²) in [6.07, 6.45) is 1.42. The number of hydrogen-bond donors (Lipinski definition) is 0. The fourth-order valence-electron chi connectivity index (χ4n) is 0.914. The van der Waals surface area contributed by atoms with Gasteiger partial charge in [-0.3, -0.25) is 9.59 Å². The highest BCUT2D eigenvalue weighted by molar-refractivity contribution is 8.00. The van der Waals surface area contributed by atoms with Crippen LogP contribution in [0.15, 0.2) is 22.2 Å². The zero-order valence-electron chi connectivity index (χ0n) is 5.48. The van der Waals surface area contributed by atoms with Gasteiger partial charge in [-0.25, -0.2) is 9.55 Å². The Balaban J connectivity index is 2.78. The van der Waals surface area contributed by atoms with E-state index in [4.69, 9.17) is 0 Å². The van der Waals surface area contributed by atoms with Gasteiger partial charge in [0.05, 0.1) is 5.75 Å². The first kappa shape index (κ1) is 6.60. The molecule has 2 rings (SSSR count). The number of thioether (sulfide) groups is 1. The molecule has 0 saturated heterocycles. The van der Waals surface area contributed by atoms with Crippen LogP contribution in [0.4, 0.5) is 0 Å². The van der Waals surface area contributed by atoms with Gasteiger partial charge in [0.25, 0.3) is 5.56 Å².